The average molecular weight is 611 g/mol. The van der Waals surface area contributed by atoms with Gasteiger partial charge in [0.2, 0.25) is 0 Å². The molecule has 0 unspecified atom stereocenters. The molecule has 2 aromatic heterocycles. The highest BCUT2D eigenvalue weighted by atomic mass is 15.0. The summed E-state index contributed by atoms with van der Waals surface area (Å²) in [6.07, 6.45) is 0. The molecule has 0 radical (unpaired) electrons. The Morgan fingerprint density at radius 1 is 0.458 bits per heavy atom. The molecule has 0 atom stereocenters. The molecule has 9 aromatic rings. The second kappa shape index (κ2) is 10.9. The highest BCUT2D eigenvalue weighted by Gasteiger charge is 2.19. The monoisotopic (exact) mass is 610 g/mol. The molecule has 0 amide bonds. The van der Waals surface area contributed by atoms with E-state index >= 15 is 0 Å². The predicted molar refractivity (Wildman–Crippen MR) is 197 cm³/mol. The highest BCUT2D eigenvalue weighted by molar-refractivity contribution is 6.11. The molecule has 0 spiro atoms. The van der Waals surface area contributed by atoms with Gasteiger partial charge in [0.25, 0.3) is 0 Å². The molecule has 48 heavy (non-hydrogen) atoms. The van der Waals surface area contributed by atoms with Crippen LogP contribution in [0.15, 0.2) is 158 Å². The lowest BCUT2D eigenvalue weighted by Crippen LogP contribution is -2.00. The summed E-state index contributed by atoms with van der Waals surface area (Å²) in [5.74, 6) is 0. The van der Waals surface area contributed by atoms with E-state index in [1.807, 2.05) is 48.5 Å². The SMILES string of the molecule is [C-]#[N+]c1ccc(-c2cccc(-c3cccc(-n4c5ccccc5c5ccccc54)c3C#N)c2)c(-n2c3ccccc3c3ccccc32)c1. The van der Waals surface area contributed by atoms with Crippen LogP contribution in [-0.2, 0) is 0 Å². The molecule has 4 heteroatoms. The van der Waals surface area contributed by atoms with Crippen molar-refractivity contribution in [1.29, 1.82) is 5.26 Å². The summed E-state index contributed by atoms with van der Waals surface area (Å²) < 4.78 is 4.48. The molecule has 0 aliphatic carbocycles. The molecule has 222 valence electrons. The quantitative estimate of drug-likeness (QED) is 0.183. The topological polar surface area (TPSA) is 38.0 Å². The zero-order valence-corrected chi connectivity index (χ0v) is 25.8. The Balaban J connectivity index is 1.26. The van der Waals surface area contributed by atoms with Gasteiger partial charge in [0, 0.05) is 38.4 Å². The summed E-state index contributed by atoms with van der Waals surface area (Å²) >= 11 is 0. The number of hydrogen-bond acceptors (Lipinski definition) is 1. The van der Waals surface area contributed by atoms with Crippen molar-refractivity contribution >= 4 is 49.3 Å². The van der Waals surface area contributed by atoms with Gasteiger partial charge in [-0.05, 0) is 53.6 Å². The average Bonchev–Trinajstić information content (AvgIpc) is 3.67. The Hall–Kier alpha value is -6.88. The lowest BCUT2D eigenvalue weighted by atomic mass is 9.94. The summed E-state index contributed by atoms with van der Waals surface area (Å²) in [6, 6.07) is 56.6. The number of aromatic nitrogens is 2. The minimum atomic E-state index is 0.581. The van der Waals surface area contributed by atoms with Crippen molar-refractivity contribution < 1.29 is 0 Å². The molecule has 0 saturated heterocycles. The van der Waals surface area contributed by atoms with Gasteiger partial charge in [-0.1, -0.05) is 115 Å². The Morgan fingerprint density at radius 2 is 0.938 bits per heavy atom. The lowest BCUT2D eigenvalue weighted by molar-refractivity contribution is 1.17. The van der Waals surface area contributed by atoms with E-state index in [2.05, 4.69) is 129 Å². The normalized spacial score (nSPS) is 11.3. The summed E-state index contributed by atoms with van der Waals surface area (Å²) in [4.78, 5) is 3.80. The van der Waals surface area contributed by atoms with Crippen LogP contribution in [0.2, 0.25) is 0 Å². The number of benzene rings is 7. The molecule has 0 N–H and O–H groups in total. The predicted octanol–water partition coefficient (Wildman–Crippen LogP) is 11.6. The maximum Gasteiger partial charge on any atom is 0.189 e. The van der Waals surface area contributed by atoms with Crippen LogP contribution in [0.25, 0.3) is 82.1 Å². The van der Waals surface area contributed by atoms with Crippen molar-refractivity contribution in [3.63, 3.8) is 0 Å². The molecule has 4 nitrogen and oxygen atoms in total. The summed E-state index contributed by atoms with van der Waals surface area (Å²) in [5, 5.41) is 15.4. The van der Waals surface area contributed by atoms with Crippen molar-refractivity contribution in [1.82, 2.24) is 9.13 Å². The van der Waals surface area contributed by atoms with Gasteiger partial charge in [-0.3, -0.25) is 0 Å². The van der Waals surface area contributed by atoms with Crippen molar-refractivity contribution in [2.75, 3.05) is 0 Å². The first-order valence-electron chi connectivity index (χ1n) is 15.9. The first-order valence-corrected chi connectivity index (χ1v) is 15.9. The van der Waals surface area contributed by atoms with Gasteiger partial charge in [0.05, 0.1) is 39.9 Å². The van der Waals surface area contributed by atoms with E-state index in [1.54, 1.807) is 0 Å². The first kappa shape index (κ1) is 27.4. The molecular weight excluding hydrogens is 585 g/mol. The van der Waals surface area contributed by atoms with Gasteiger partial charge in [-0.25, -0.2) is 4.85 Å². The van der Waals surface area contributed by atoms with Crippen LogP contribution < -0.4 is 0 Å². The van der Waals surface area contributed by atoms with Crippen molar-refractivity contribution in [2.45, 2.75) is 0 Å². The van der Waals surface area contributed by atoms with Gasteiger partial charge in [-0.15, -0.1) is 0 Å². The number of fused-ring (bicyclic) bond motifs is 6. The highest BCUT2D eigenvalue weighted by Crippen LogP contribution is 2.40. The summed E-state index contributed by atoms with van der Waals surface area (Å²) in [5.41, 5.74) is 11.1. The second-order valence-corrected chi connectivity index (χ2v) is 11.9. The van der Waals surface area contributed by atoms with Crippen LogP contribution in [0.4, 0.5) is 5.69 Å². The Morgan fingerprint density at radius 3 is 1.46 bits per heavy atom. The fourth-order valence-corrected chi connectivity index (χ4v) is 7.32. The minimum absolute atomic E-state index is 0.581. The molecular formula is C44H26N4. The minimum Gasteiger partial charge on any atom is -0.310 e. The van der Waals surface area contributed by atoms with Crippen molar-refractivity contribution in [3.05, 3.63) is 175 Å². The molecule has 9 rings (SSSR count). The Bertz CT molecular complexity index is 2710. The number of rotatable bonds is 4. The fourth-order valence-electron chi connectivity index (χ4n) is 7.32. The van der Waals surface area contributed by atoms with E-state index in [9.17, 15) is 5.26 Å². The number of nitrogens with zero attached hydrogens (tertiary/aromatic N) is 4. The van der Waals surface area contributed by atoms with E-state index < -0.39 is 0 Å². The van der Waals surface area contributed by atoms with Crippen molar-refractivity contribution in [2.24, 2.45) is 0 Å². The van der Waals surface area contributed by atoms with Crippen molar-refractivity contribution in [3.8, 4) is 39.7 Å². The van der Waals surface area contributed by atoms with Gasteiger partial charge >= 0.3 is 0 Å². The fraction of sp³-hybridized carbons (Fsp3) is 0. The molecule has 0 bridgehead atoms. The molecule has 0 aliphatic heterocycles. The maximum atomic E-state index is 10.7. The van der Waals surface area contributed by atoms with Gasteiger partial charge in [-0.2, -0.15) is 5.26 Å². The van der Waals surface area contributed by atoms with Gasteiger partial charge in [0.1, 0.15) is 6.07 Å². The zero-order valence-electron chi connectivity index (χ0n) is 25.8. The largest absolute Gasteiger partial charge is 0.310 e. The number of hydrogen-bond donors (Lipinski definition) is 0. The van der Waals surface area contributed by atoms with Crippen LogP contribution in [-0.4, -0.2) is 9.13 Å². The molecule has 2 heterocycles. The zero-order chi connectivity index (χ0) is 32.2. The van der Waals surface area contributed by atoms with Crippen LogP contribution in [0.3, 0.4) is 0 Å². The molecule has 0 saturated carbocycles. The van der Waals surface area contributed by atoms with Crippen LogP contribution >= 0.6 is 0 Å². The second-order valence-electron chi connectivity index (χ2n) is 11.9. The third-order valence-corrected chi connectivity index (χ3v) is 9.39. The third-order valence-electron chi connectivity index (χ3n) is 9.39. The van der Waals surface area contributed by atoms with Gasteiger partial charge < -0.3 is 9.13 Å². The van der Waals surface area contributed by atoms with E-state index in [-0.39, 0.29) is 0 Å². The standard InChI is InChI=1S/C44H26N4/c1-46-31-24-25-33(44(27-31)48-41-21-8-4-16-36(41)37-17-5-9-22-42(37)48)30-13-10-12-29(26-30)32-18-11-23-43(38(32)28-45)47-39-19-6-2-14-34(39)35-15-3-7-20-40(35)47/h2-27H. The maximum absolute atomic E-state index is 10.7. The van der Waals surface area contributed by atoms with Gasteiger partial charge in [0.15, 0.2) is 5.69 Å². The summed E-state index contributed by atoms with van der Waals surface area (Å²) in [7, 11) is 0. The molecule has 7 aromatic carbocycles. The van der Waals surface area contributed by atoms with E-state index in [0.717, 1.165) is 66.5 Å². The van der Waals surface area contributed by atoms with Crippen LogP contribution in [0.1, 0.15) is 5.56 Å². The van der Waals surface area contributed by atoms with E-state index in [1.165, 1.54) is 10.8 Å². The first-order chi connectivity index (χ1) is 23.7. The Kier molecular flexibility index (Phi) is 6.22. The lowest BCUT2D eigenvalue weighted by Gasteiger charge is -2.17. The summed E-state index contributed by atoms with van der Waals surface area (Å²) in [6.45, 7) is 7.82. The smallest absolute Gasteiger partial charge is 0.189 e. The molecule has 0 aliphatic rings. The Labute approximate surface area is 277 Å². The number of nitriles is 1. The van der Waals surface area contributed by atoms with E-state index in [0.29, 0.717) is 11.3 Å². The number of para-hydroxylation sites is 4. The van der Waals surface area contributed by atoms with Crippen LogP contribution in [0.5, 0.6) is 0 Å². The molecule has 0 fully saturated rings. The third kappa shape index (κ3) is 4.07. The van der Waals surface area contributed by atoms with E-state index in [4.69, 9.17) is 6.57 Å². The van der Waals surface area contributed by atoms with Crippen LogP contribution in [0, 0.1) is 17.9 Å².